The van der Waals surface area contributed by atoms with Crippen LogP contribution in [0.5, 0.6) is 0 Å². The van der Waals surface area contributed by atoms with E-state index in [0.29, 0.717) is 10.3 Å². The van der Waals surface area contributed by atoms with E-state index in [1.54, 1.807) is 6.07 Å². The predicted octanol–water partition coefficient (Wildman–Crippen LogP) is 4.18. The minimum absolute atomic E-state index is 0.647. The summed E-state index contributed by atoms with van der Waals surface area (Å²) in [5, 5.41) is 9.07. The highest BCUT2D eigenvalue weighted by molar-refractivity contribution is 7.71. The topological polar surface area (TPSA) is 44.5 Å². The van der Waals surface area contributed by atoms with Crippen molar-refractivity contribution in [3.8, 4) is 6.07 Å². The van der Waals surface area contributed by atoms with E-state index in [4.69, 9.17) is 17.5 Å². The molecule has 1 heterocycles. The number of benzene rings is 2. The normalized spacial score (nSPS) is 10.7. The molecule has 0 atom stereocenters. The highest BCUT2D eigenvalue weighted by Crippen LogP contribution is 2.19. The number of nitrogens with one attached hydrogen (secondary N) is 1. The van der Waals surface area contributed by atoms with Crippen LogP contribution in [0, 0.1) is 16.1 Å². The van der Waals surface area contributed by atoms with Gasteiger partial charge in [-0.05, 0) is 48.0 Å². The number of hydrogen-bond acceptors (Lipinski definition) is 2. The van der Waals surface area contributed by atoms with Crippen LogP contribution in [0.15, 0.2) is 42.5 Å². The minimum Gasteiger partial charge on any atom is -0.331 e. The summed E-state index contributed by atoms with van der Waals surface area (Å²) in [6.07, 6.45) is 0.995. The number of nitrogens with zero attached hydrogens (tertiary/aromatic N) is 2. The Labute approximate surface area is 128 Å². The Hall–Kier alpha value is -2.38. The SMILES string of the molecule is CCc1ccccc1Cn1c(=S)[nH]c2ccc(C#N)cc21. The van der Waals surface area contributed by atoms with Crippen LogP contribution < -0.4 is 0 Å². The van der Waals surface area contributed by atoms with Gasteiger partial charge in [0.05, 0.1) is 29.2 Å². The highest BCUT2D eigenvalue weighted by atomic mass is 32.1. The highest BCUT2D eigenvalue weighted by Gasteiger charge is 2.08. The average molecular weight is 293 g/mol. The molecule has 0 aliphatic heterocycles. The van der Waals surface area contributed by atoms with Crippen molar-refractivity contribution in [3.63, 3.8) is 0 Å². The number of nitriles is 1. The van der Waals surface area contributed by atoms with Gasteiger partial charge in [-0.15, -0.1) is 0 Å². The zero-order chi connectivity index (χ0) is 14.8. The predicted molar refractivity (Wildman–Crippen MR) is 86.8 cm³/mol. The number of hydrogen-bond donors (Lipinski definition) is 1. The molecule has 21 heavy (non-hydrogen) atoms. The first-order valence-corrected chi connectivity index (χ1v) is 7.33. The van der Waals surface area contributed by atoms with Crippen LogP contribution in [-0.4, -0.2) is 9.55 Å². The number of aryl methyl sites for hydroxylation is 1. The van der Waals surface area contributed by atoms with Crippen LogP contribution >= 0.6 is 12.2 Å². The minimum atomic E-state index is 0.647. The van der Waals surface area contributed by atoms with Gasteiger partial charge in [-0.2, -0.15) is 5.26 Å². The molecular weight excluding hydrogens is 278 g/mol. The zero-order valence-corrected chi connectivity index (χ0v) is 12.6. The Kier molecular flexibility index (Phi) is 3.59. The van der Waals surface area contributed by atoms with E-state index in [0.717, 1.165) is 24.0 Å². The van der Waals surface area contributed by atoms with E-state index in [9.17, 15) is 0 Å². The van der Waals surface area contributed by atoms with Crippen LogP contribution in [0.25, 0.3) is 11.0 Å². The van der Waals surface area contributed by atoms with E-state index < -0.39 is 0 Å². The largest absolute Gasteiger partial charge is 0.331 e. The number of aromatic nitrogens is 2. The van der Waals surface area contributed by atoms with Gasteiger partial charge in [0.15, 0.2) is 4.77 Å². The van der Waals surface area contributed by atoms with Gasteiger partial charge in [-0.3, -0.25) is 0 Å². The average Bonchev–Trinajstić information content (AvgIpc) is 2.83. The third kappa shape index (κ3) is 2.48. The molecule has 4 heteroatoms. The summed E-state index contributed by atoms with van der Waals surface area (Å²) >= 11 is 5.44. The molecule has 0 aliphatic rings. The number of aromatic amines is 1. The number of fused-ring (bicyclic) bond motifs is 1. The lowest BCUT2D eigenvalue weighted by Crippen LogP contribution is -2.02. The van der Waals surface area contributed by atoms with Crippen LogP contribution in [0.4, 0.5) is 0 Å². The molecule has 3 nitrogen and oxygen atoms in total. The van der Waals surface area contributed by atoms with Crippen LogP contribution in [-0.2, 0) is 13.0 Å². The molecule has 2 aromatic carbocycles. The number of imidazole rings is 1. The van der Waals surface area contributed by atoms with E-state index in [1.807, 2.05) is 18.2 Å². The maximum atomic E-state index is 9.07. The van der Waals surface area contributed by atoms with E-state index >= 15 is 0 Å². The van der Waals surface area contributed by atoms with Crippen molar-refractivity contribution < 1.29 is 0 Å². The van der Waals surface area contributed by atoms with E-state index in [2.05, 4.69) is 40.7 Å². The van der Waals surface area contributed by atoms with Crippen molar-refractivity contribution in [2.45, 2.75) is 19.9 Å². The standard InChI is InChI=1S/C17H15N3S/c1-2-13-5-3-4-6-14(13)11-20-16-9-12(10-18)7-8-15(16)19-17(20)21/h3-9H,2,11H2,1H3,(H,19,21). The van der Waals surface area contributed by atoms with Gasteiger partial charge in [0.1, 0.15) is 0 Å². The van der Waals surface area contributed by atoms with Crippen LogP contribution in [0.3, 0.4) is 0 Å². The van der Waals surface area contributed by atoms with E-state index in [1.165, 1.54) is 11.1 Å². The summed E-state index contributed by atoms with van der Waals surface area (Å²) in [4.78, 5) is 3.20. The molecule has 0 unspecified atom stereocenters. The molecular formula is C17H15N3S. The Morgan fingerprint density at radius 2 is 1.95 bits per heavy atom. The van der Waals surface area contributed by atoms with Gasteiger partial charge in [0.25, 0.3) is 0 Å². The molecule has 0 fully saturated rings. The van der Waals surface area contributed by atoms with Gasteiger partial charge < -0.3 is 9.55 Å². The molecule has 1 aromatic heterocycles. The molecule has 0 bridgehead atoms. The second kappa shape index (κ2) is 5.55. The van der Waals surface area contributed by atoms with Gasteiger partial charge in [-0.25, -0.2) is 0 Å². The van der Waals surface area contributed by atoms with E-state index in [-0.39, 0.29) is 0 Å². The first kappa shape index (κ1) is 13.6. The molecule has 0 saturated heterocycles. The lowest BCUT2D eigenvalue weighted by molar-refractivity contribution is 0.799. The third-order valence-electron chi connectivity index (χ3n) is 3.73. The fourth-order valence-electron chi connectivity index (χ4n) is 2.61. The van der Waals surface area contributed by atoms with Crippen molar-refractivity contribution >= 4 is 23.3 Å². The molecule has 0 spiro atoms. The molecule has 0 amide bonds. The summed E-state index contributed by atoms with van der Waals surface area (Å²) in [6.45, 7) is 2.87. The molecule has 0 saturated carbocycles. The smallest absolute Gasteiger partial charge is 0.178 e. The third-order valence-corrected chi connectivity index (χ3v) is 4.05. The Morgan fingerprint density at radius 1 is 1.19 bits per heavy atom. The Balaban J connectivity index is 2.14. The van der Waals surface area contributed by atoms with Crippen molar-refractivity contribution in [3.05, 3.63) is 63.9 Å². The second-order valence-corrected chi connectivity index (χ2v) is 5.37. The Bertz CT molecular complexity index is 896. The Morgan fingerprint density at radius 3 is 2.67 bits per heavy atom. The maximum absolute atomic E-state index is 9.07. The summed E-state index contributed by atoms with van der Waals surface area (Å²) in [5.74, 6) is 0. The van der Waals surface area contributed by atoms with Gasteiger partial charge in [0.2, 0.25) is 0 Å². The summed E-state index contributed by atoms with van der Waals surface area (Å²) in [5.41, 5.74) is 5.18. The quantitative estimate of drug-likeness (QED) is 0.736. The molecule has 0 radical (unpaired) electrons. The molecule has 1 N–H and O–H groups in total. The van der Waals surface area contributed by atoms with Crippen molar-refractivity contribution in [2.75, 3.05) is 0 Å². The van der Waals surface area contributed by atoms with Gasteiger partial charge in [-0.1, -0.05) is 31.2 Å². The zero-order valence-electron chi connectivity index (χ0n) is 11.8. The fourth-order valence-corrected chi connectivity index (χ4v) is 2.88. The first-order valence-electron chi connectivity index (χ1n) is 6.92. The van der Waals surface area contributed by atoms with Crippen molar-refractivity contribution in [2.24, 2.45) is 0 Å². The lowest BCUT2D eigenvalue weighted by atomic mass is 10.1. The molecule has 104 valence electrons. The number of rotatable bonds is 3. The summed E-state index contributed by atoms with van der Waals surface area (Å²) < 4.78 is 2.74. The maximum Gasteiger partial charge on any atom is 0.178 e. The van der Waals surface area contributed by atoms with Gasteiger partial charge in [0, 0.05) is 0 Å². The molecule has 3 rings (SSSR count). The van der Waals surface area contributed by atoms with Crippen LogP contribution in [0.2, 0.25) is 0 Å². The van der Waals surface area contributed by atoms with Crippen molar-refractivity contribution in [1.82, 2.24) is 9.55 Å². The van der Waals surface area contributed by atoms with Gasteiger partial charge >= 0.3 is 0 Å². The van der Waals surface area contributed by atoms with Crippen molar-refractivity contribution in [1.29, 1.82) is 5.26 Å². The second-order valence-electron chi connectivity index (χ2n) is 4.98. The van der Waals surface area contributed by atoms with Crippen LogP contribution in [0.1, 0.15) is 23.6 Å². The number of H-pyrrole nitrogens is 1. The first-order chi connectivity index (χ1) is 10.2. The molecule has 0 aliphatic carbocycles. The molecule has 3 aromatic rings. The lowest BCUT2D eigenvalue weighted by Gasteiger charge is -2.09. The summed E-state index contributed by atoms with van der Waals surface area (Å²) in [7, 11) is 0. The monoisotopic (exact) mass is 293 g/mol. The fraction of sp³-hybridized carbons (Fsp3) is 0.176. The summed E-state index contributed by atoms with van der Waals surface area (Å²) in [6, 6.07) is 16.2.